The van der Waals surface area contributed by atoms with Crippen LogP contribution in [0.25, 0.3) is 0 Å². The zero-order valence-corrected chi connectivity index (χ0v) is 22.1. The van der Waals surface area contributed by atoms with Crippen LogP contribution in [-0.2, 0) is 20.7 Å². The van der Waals surface area contributed by atoms with Crippen molar-refractivity contribution in [2.24, 2.45) is 0 Å². The molecule has 0 radical (unpaired) electrons. The van der Waals surface area contributed by atoms with E-state index in [2.05, 4.69) is 12.2 Å². The first kappa shape index (κ1) is 25.2. The van der Waals surface area contributed by atoms with E-state index in [1.54, 1.807) is 16.7 Å². The number of β-lactam (4-membered cyclic amide) rings is 1. The first-order valence-electron chi connectivity index (χ1n) is 12.4. The molecule has 3 aromatic rings. The van der Waals surface area contributed by atoms with Crippen molar-refractivity contribution < 1.29 is 14.3 Å². The molecule has 1 saturated heterocycles. The van der Waals surface area contributed by atoms with Crippen molar-refractivity contribution in [2.45, 2.75) is 37.3 Å². The number of thiocarbonyl (C=S) groups is 1. The van der Waals surface area contributed by atoms with E-state index in [0.717, 1.165) is 34.4 Å². The summed E-state index contributed by atoms with van der Waals surface area (Å²) in [5.74, 6) is 0.418. The highest BCUT2D eigenvalue weighted by molar-refractivity contribution is 8.00. The molecule has 2 aliphatic rings. The molecule has 2 amide bonds. The molecule has 188 valence electrons. The van der Waals surface area contributed by atoms with Crippen LogP contribution < -0.4 is 5.32 Å². The molecule has 1 fully saturated rings. The van der Waals surface area contributed by atoms with Gasteiger partial charge in [-0.15, -0.1) is 11.8 Å². The Morgan fingerprint density at radius 3 is 2.14 bits per heavy atom. The van der Waals surface area contributed by atoms with Crippen molar-refractivity contribution in [1.82, 2.24) is 10.2 Å². The van der Waals surface area contributed by atoms with Crippen molar-refractivity contribution in [3.8, 4) is 0 Å². The second-order valence-electron chi connectivity index (χ2n) is 9.03. The molecule has 37 heavy (non-hydrogen) atoms. The monoisotopic (exact) mass is 528 g/mol. The van der Waals surface area contributed by atoms with Gasteiger partial charge in [-0.25, -0.2) is 0 Å². The summed E-state index contributed by atoms with van der Waals surface area (Å²) >= 11 is 7.51. The predicted octanol–water partition coefficient (Wildman–Crippen LogP) is 5.43. The number of benzene rings is 3. The number of fused-ring (bicyclic) bond motifs is 1. The second kappa shape index (κ2) is 11.3. The molecule has 0 bridgehead atoms. The fourth-order valence-corrected chi connectivity index (χ4v) is 6.48. The Morgan fingerprint density at radius 2 is 1.57 bits per heavy atom. The van der Waals surface area contributed by atoms with Crippen LogP contribution in [0, 0.1) is 0 Å². The zero-order chi connectivity index (χ0) is 25.8. The van der Waals surface area contributed by atoms with Crippen LogP contribution in [0.15, 0.2) is 102 Å². The van der Waals surface area contributed by atoms with E-state index >= 15 is 0 Å². The quantitative estimate of drug-likeness (QED) is 0.312. The first-order chi connectivity index (χ1) is 18.1. The molecular formula is C30H28N2O3S2. The summed E-state index contributed by atoms with van der Waals surface area (Å²) in [6.07, 6.45) is 0.600. The number of nitrogens with zero attached hydrogens (tertiary/aromatic N) is 1. The lowest BCUT2D eigenvalue weighted by atomic mass is 10.00. The minimum absolute atomic E-state index is 0.151. The van der Waals surface area contributed by atoms with E-state index in [1.807, 2.05) is 91.0 Å². The number of hydrogen-bond acceptors (Lipinski definition) is 5. The number of amides is 2. The van der Waals surface area contributed by atoms with Crippen molar-refractivity contribution >= 4 is 40.8 Å². The summed E-state index contributed by atoms with van der Waals surface area (Å²) in [6.45, 7) is 2.06. The molecule has 0 saturated carbocycles. The molecule has 7 heteroatoms. The normalized spacial score (nSPS) is 18.8. The van der Waals surface area contributed by atoms with E-state index in [0.29, 0.717) is 10.7 Å². The highest BCUT2D eigenvalue weighted by Crippen LogP contribution is 2.42. The Labute approximate surface area is 226 Å². The van der Waals surface area contributed by atoms with E-state index < -0.39 is 12.1 Å². The number of carbonyl (C=O) groups excluding carboxylic acids is 2. The molecule has 0 aliphatic carbocycles. The molecule has 2 atom stereocenters. The van der Waals surface area contributed by atoms with E-state index in [-0.39, 0.29) is 23.6 Å². The van der Waals surface area contributed by atoms with Crippen molar-refractivity contribution in [2.75, 3.05) is 5.75 Å². The molecule has 5 nitrogen and oxygen atoms in total. The van der Waals surface area contributed by atoms with Gasteiger partial charge in [0.25, 0.3) is 5.91 Å². The summed E-state index contributed by atoms with van der Waals surface area (Å²) < 4.78 is 6.47. The van der Waals surface area contributed by atoms with Crippen LogP contribution in [0.4, 0.5) is 0 Å². The van der Waals surface area contributed by atoms with Gasteiger partial charge in [0.05, 0.1) is 12.1 Å². The number of rotatable bonds is 8. The van der Waals surface area contributed by atoms with Crippen LogP contribution in [0.1, 0.15) is 36.1 Å². The largest absolute Gasteiger partial charge is 0.469 e. The molecular weight excluding hydrogens is 500 g/mol. The summed E-state index contributed by atoms with van der Waals surface area (Å²) in [4.78, 5) is 27.7. The third-order valence-corrected chi connectivity index (χ3v) is 8.25. The van der Waals surface area contributed by atoms with E-state index in [4.69, 9.17) is 17.0 Å². The minimum Gasteiger partial charge on any atom is -0.469 e. The van der Waals surface area contributed by atoms with Gasteiger partial charge >= 0.3 is 0 Å². The van der Waals surface area contributed by atoms with E-state index in [1.165, 1.54) is 0 Å². The third-order valence-electron chi connectivity index (χ3n) is 6.62. The summed E-state index contributed by atoms with van der Waals surface area (Å²) in [5, 5.41) is 3.05. The van der Waals surface area contributed by atoms with Crippen LogP contribution in [0.3, 0.4) is 0 Å². The molecule has 5 rings (SSSR count). The molecule has 1 N–H and O–H groups in total. The number of ether oxygens (including phenoxy) is 1. The topological polar surface area (TPSA) is 58.6 Å². The maximum atomic E-state index is 13.3. The van der Waals surface area contributed by atoms with Crippen molar-refractivity contribution in [3.05, 3.63) is 119 Å². The number of hydrogen-bond donors (Lipinski definition) is 1. The Kier molecular flexibility index (Phi) is 7.72. The smallest absolute Gasteiger partial charge is 0.253 e. The van der Waals surface area contributed by atoms with Gasteiger partial charge in [-0.05, 0) is 40.9 Å². The first-order valence-corrected chi connectivity index (χ1v) is 13.8. The van der Waals surface area contributed by atoms with Gasteiger partial charge in [-0.3, -0.25) is 14.5 Å². The SMILES string of the molecule is CCC1=C(C(=S)OC(c2ccccc2)c2ccccc2)N2C(=O)C(NC(=O)Cc3ccccc3)[C@H]2SC1. The lowest BCUT2D eigenvalue weighted by molar-refractivity contribution is -0.145. The molecule has 0 spiro atoms. The molecule has 0 aromatic heterocycles. The van der Waals surface area contributed by atoms with Crippen LogP contribution in [0.2, 0.25) is 0 Å². The van der Waals surface area contributed by atoms with Gasteiger partial charge in [-0.2, -0.15) is 0 Å². The fourth-order valence-electron chi connectivity index (χ4n) is 4.70. The van der Waals surface area contributed by atoms with E-state index in [9.17, 15) is 9.59 Å². The Hall–Kier alpha value is -3.42. The summed E-state index contributed by atoms with van der Waals surface area (Å²) in [6, 6.07) is 28.9. The number of carbonyl (C=O) groups is 2. The lowest BCUT2D eigenvalue weighted by Gasteiger charge is -2.50. The third kappa shape index (κ3) is 5.33. The van der Waals surface area contributed by atoms with Crippen LogP contribution >= 0.6 is 24.0 Å². The maximum Gasteiger partial charge on any atom is 0.253 e. The molecule has 3 aromatic carbocycles. The highest BCUT2D eigenvalue weighted by atomic mass is 32.2. The number of nitrogens with one attached hydrogen (secondary N) is 1. The average Bonchev–Trinajstić information content (AvgIpc) is 2.95. The zero-order valence-electron chi connectivity index (χ0n) is 20.5. The van der Waals surface area contributed by atoms with Gasteiger partial charge in [0.2, 0.25) is 11.0 Å². The Bertz CT molecular complexity index is 1270. The summed E-state index contributed by atoms with van der Waals surface area (Å²) in [7, 11) is 0. The fraction of sp³-hybridized carbons (Fsp3) is 0.233. The lowest BCUT2D eigenvalue weighted by Crippen LogP contribution is -2.70. The molecule has 2 aliphatic heterocycles. The average molecular weight is 529 g/mol. The Morgan fingerprint density at radius 1 is 1.00 bits per heavy atom. The van der Waals surface area contributed by atoms with Gasteiger partial charge in [-0.1, -0.05) is 97.9 Å². The van der Waals surface area contributed by atoms with Gasteiger partial charge in [0.1, 0.15) is 17.5 Å². The van der Waals surface area contributed by atoms with Crippen LogP contribution in [0.5, 0.6) is 0 Å². The molecule has 2 heterocycles. The van der Waals surface area contributed by atoms with Gasteiger partial charge in [0, 0.05) is 5.75 Å². The van der Waals surface area contributed by atoms with Crippen molar-refractivity contribution in [1.29, 1.82) is 0 Å². The number of thioether (sulfide) groups is 1. The van der Waals surface area contributed by atoms with Gasteiger partial charge in [0.15, 0.2) is 0 Å². The molecule has 1 unspecified atom stereocenters. The minimum atomic E-state index is -0.573. The van der Waals surface area contributed by atoms with Crippen molar-refractivity contribution in [3.63, 3.8) is 0 Å². The standard InChI is InChI=1S/C30H28N2O3S2/c1-2-21-19-37-29-25(31-24(33)18-20-12-6-3-7-13-20)28(34)32(29)26(21)30(36)35-27(22-14-8-4-9-15-22)23-16-10-5-11-17-23/h3-17,25,27,29H,2,18-19H2,1H3,(H,31,33)/t25?,29-/m1/s1. The van der Waals surface area contributed by atoms with Crippen LogP contribution in [-0.4, -0.2) is 38.9 Å². The highest BCUT2D eigenvalue weighted by Gasteiger charge is 2.53. The predicted molar refractivity (Wildman–Crippen MR) is 151 cm³/mol. The van der Waals surface area contributed by atoms with Gasteiger partial charge < -0.3 is 10.1 Å². The summed E-state index contributed by atoms with van der Waals surface area (Å²) in [5.41, 5.74) is 4.64. The second-order valence-corrected chi connectivity index (χ2v) is 10.5. The Balaban J connectivity index is 1.35. The maximum absolute atomic E-state index is 13.3.